The average molecular weight is 533 g/mol. The Labute approximate surface area is 218 Å². The number of aryl methyl sites for hydroxylation is 1. The Balaban J connectivity index is 1.49. The Bertz CT molecular complexity index is 1200. The van der Waals surface area contributed by atoms with E-state index in [1.54, 1.807) is 18.3 Å². The van der Waals surface area contributed by atoms with Crippen molar-refractivity contribution in [2.24, 2.45) is 5.92 Å². The molecular formula is C25H32N4O3S3. The highest BCUT2D eigenvalue weighted by Gasteiger charge is 2.29. The van der Waals surface area contributed by atoms with Gasteiger partial charge in [0, 0.05) is 27.2 Å². The fraction of sp³-hybridized carbons (Fsp3) is 0.520. The minimum absolute atomic E-state index is 0.163. The Morgan fingerprint density at radius 3 is 2.83 bits per heavy atom. The van der Waals surface area contributed by atoms with Gasteiger partial charge < -0.3 is 14.6 Å². The van der Waals surface area contributed by atoms with Crippen LogP contribution in [0.15, 0.2) is 16.6 Å². The summed E-state index contributed by atoms with van der Waals surface area (Å²) in [7, 11) is 0. The molecule has 7 nitrogen and oxygen atoms in total. The van der Waals surface area contributed by atoms with Crippen LogP contribution in [-0.2, 0) is 35.3 Å². The van der Waals surface area contributed by atoms with E-state index in [0.717, 1.165) is 60.8 Å². The maximum atomic E-state index is 13.0. The molecule has 3 aromatic rings. The number of carbonyl (C=O) groups is 2. The lowest BCUT2D eigenvalue weighted by Crippen LogP contribution is -2.18. The van der Waals surface area contributed by atoms with Gasteiger partial charge in [-0.25, -0.2) is 4.79 Å². The molecule has 1 amide bonds. The number of nitrogens with one attached hydrogen (secondary N) is 1. The molecule has 0 saturated carbocycles. The molecule has 0 fully saturated rings. The van der Waals surface area contributed by atoms with E-state index in [0.29, 0.717) is 23.1 Å². The summed E-state index contributed by atoms with van der Waals surface area (Å²) in [5, 5.41) is 15.3. The predicted molar refractivity (Wildman–Crippen MR) is 144 cm³/mol. The van der Waals surface area contributed by atoms with E-state index in [2.05, 4.69) is 52.3 Å². The molecule has 188 valence electrons. The summed E-state index contributed by atoms with van der Waals surface area (Å²) in [5.74, 6) is 1.09. The maximum Gasteiger partial charge on any atom is 0.341 e. The van der Waals surface area contributed by atoms with Crippen molar-refractivity contribution in [3.8, 4) is 11.4 Å². The molecule has 1 unspecified atom stereocenters. The number of carbonyl (C=O) groups excluding carboxylic acids is 2. The predicted octanol–water partition coefficient (Wildman–Crippen LogP) is 6.07. The highest BCUT2D eigenvalue weighted by atomic mass is 32.2. The molecule has 1 N–H and O–H groups in total. The van der Waals surface area contributed by atoms with Crippen LogP contribution in [0.3, 0.4) is 0 Å². The first-order valence-electron chi connectivity index (χ1n) is 12.2. The molecular weight excluding hydrogens is 501 g/mol. The minimum atomic E-state index is -0.350. The summed E-state index contributed by atoms with van der Waals surface area (Å²) in [6.07, 6.45) is 4.75. The number of thiophene rings is 2. The van der Waals surface area contributed by atoms with E-state index in [9.17, 15) is 9.59 Å². The summed E-state index contributed by atoms with van der Waals surface area (Å²) in [5.41, 5.74) is 2.66. The summed E-state index contributed by atoms with van der Waals surface area (Å²) in [6, 6.07) is 2.17. The van der Waals surface area contributed by atoms with Crippen LogP contribution in [0.5, 0.6) is 0 Å². The lowest BCUT2D eigenvalue weighted by Gasteiger charge is -2.18. The number of amides is 1. The smallest absolute Gasteiger partial charge is 0.341 e. The average Bonchev–Trinajstić information content (AvgIpc) is 3.54. The zero-order valence-corrected chi connectivity index (χ0v) is 23.1. The van der Waals surface area contributed by atoms with Gasteiger partial charge in [-0.15, -0.1) is 32.9 Å². The molecule has 1 aliphatic carbocycles. The molecule has 0 aromatic carbocycles. The number of aromatic nitrogens is 3. The van der Waals surface area contributed by atoms with Gasteiger partial charge in [-0.2, -0.15) is 0 Å². The Morgan fingerprint density at radius 1 is 1.29 bits per heavy atom. The first kappa shape index (κ1) is 25.9. The summed E-state index contributed by atoms with van der Waals surface area (Å²) in [6.45, 7) is 9.38. The van der Waals surface area contributed by atoms with Gasteiger partial charge >= 0.3 is 5.97 Å². The van der Waals surface area contributed by atoms with Gasteiger partial charge in [-0.1, -0.05) is 32.5 Å². The van der Waals surface area contributed by atoms with Crippen molar-refractivity contribution in [1.29, 1.82) is 0 Å². The second-order valence-corrected chi connectivity index (χ2v) is 11.8. The number of rotatable bonds is 10. The third-order valence-electron chi connectivity index (χ3n) is 6.00. The maximum absolute atomic E-state index is 13.0. The van der Waals surface area contributed by atoms with E-state index in [1.165, 1.54) is 32.9 Å². The van der Waals surface area contributed by atoms with E-state index < -0.39 is 0 Å². The van der Waals surface area contributed by atoms with E-state index >= 15 is 0 Å². The summed E-state index contributed by atoms with van der Waals surface area (Å²) in [4.78, 5) is 28.2. The molecule has 4 rings (SSSR count). The van der Waals surface area contributed by atoms with Crippen LogP contribution in [-0.4, -0.2) is 39.0 Å². The van der Waals surface area contributed by atoms with E-state index in [1.807, 2.05) is 0 Å². The van der Waals surface area contributed by atoms with Crippen LogP contribution in [0.1, 0.15) is 66.2 Å². The van der Waals surface area contributed by atoms with Crippen molar-refractivity contribution in [2.45, 2.75) is 71.5 Å². The van der Waals surface area contributed by atoms with Crippen LogP contribution >= 0.6 is 34.4 Å². The van der Waals surface area contributed by atoms with Crippen LogP contribution in [0.2, 0.25) is 0 Å². The SMILES string of the molecule is CCCn1c(SCC(=O)Nc2sc3c(c2C(=O)OCC)CCC(C)C3)nnc1-c1csc(CC)c1. The fourth-order valence-corrected chi connectivity index (χ4v) is 7.26. The van der Waals surface area contributed by atoms with Crippen molar-refractivity contribution in [1.82, 2.24) is 14.8 Å². The normalized spacial score (nSPS) is 15.1. The van der Waals surface area contributed by atoms with Crippen LogP contribution in [0.25, 0.3) is 11.4 Å². The van der Waals surface area contributed by atoms with Crippen molar-refractivity contribution in [3.05, 3.63) is 32.3 Å². The number of ether oxygens (including phenoxy) is 1. The number of anilines is 1. The van der Waals surface area contributed by atoms with Crippen molar-refractivity contribution < 1.29 is 14.3 Å². The van der Waals surface area contributed by atoms with Gasteiger partial charge in [0.15, 0.2) is 11.0 Å². The van der Waals surface area contributed by atoms with Gasteiger partial charge in [0.2, 0.25) is 5.91 Å². The van der Waals surface area contributed by atoms with Gasteiger partial charge in [-0.05, 0) is 56.6 Å². The largest absolute Gasteiger partial charge is 0.462 e. The highest BCUT2D eigenvalue weighted by molar-refractivity contribution is 7.99. The number of esters is 1. The van der Waals surface area contributed by atoms with Crippen molar-refractivity contribution in [2.75, 3.05) is 17.7 Å². The van der Waals surface area contributed by atoms with Crippen molar-refractivity contribution in [3.63, 3.8) is 0 Å². The molecule has 1 aliphatic rings. The molecule has 10 heteroatoms. The summed E-state index contributed by atoms with van der Waals surface area (Å²) < 4.78 is 7.41. The zero-order chi connectivity index (χ0) is 24.9. The van der Waals surface area contributed by atoms with Gasteiger partial charge in [0.05, 0.1) is 17.9 Å². The highest BCUT2D eigenvalue weighted by Crippen LogP contribution is 2.40. The lowest BCUT2D eigenvalue weighted by atomic mass is 9.88. The van der Waals surface area contributed by atoms with Crippen LogP contribution in [0, 0.1) is 5.92 Å². The molecule has 0 radical (unpaired) electrons. The van der Waals surface area contributed by atoms with Crippen LogP contribution in [0.4, 0.5) is 5.00 Å². The third-order valence-corrected chi connectivity index (χ3v) is 9.22. The molecule has 3 heterocycles. The molecule has 0 bridgehead atoms. The zero-order valence-electron chi connectivity index (χ0n) is 20.7. The Morgan fingerprint density at radius 2 is 2.11 bits per heavy atom. The molecule has 0 aliphatic heterocycles. The second-order valence-electron chi connectivity index (χ2n) is 8.73. The van der Waals surface area contributed by atoms with E-state index in [-0.39, 0.29) is 17.6 Å². The number of thioether (sulfide) groups is 1. The number of fused-ring (bicyclic) bond motifs is 1. The monoisotopic (exact) mass is 532 g/mol. The summed E-state index contributed by atoms with van der Waals surface area (Å²) >= 11 is 4.61. The minimum Gasteiger partial charge on any atom is -0.462 e. The molecule has 0 spiro atoms. The van der Waals surface area contributed by atoms with Gasteiger partial charge in [0.25, 0.3) is 0 Å². The van der Waals surface area contributed by atoms with Gasteiger partial charge in [0.1, 0.15) is 5.00 Å². The molecule has 35 heavy (non-hydrogen) atoms. The number of hydrogen-bond acceptors (Lipinski definition) is 8. The number of nitrogens with zero attached hydrogens (tertiary/aromatic N) is 3. The standard InChI is InChI=1S/C25H32N4O3S3/c1-5-10-29-22(16-12-17(6-2)33-13-16)27-28-25(29)34-14-20(30)26-23-21(24(31)32-7-3)18-9-8-15(4)11-19(18)35-23/h12-13,15H,5-11,14H2,1-4H3,(H,26,30). The molecule has 1 atom stereocenters. The third kappa shape index (κ3) is 5.81. The topological polar surface area (TPSA) is 86.1 Å². The molecule has 0 saturated heterocycles. The Kier molecular flexibility index (Phi) is 8.67. The first-order valence-corrected chi connectivity index (χ1v) is 14.9. The lowest BCUT2D eigenvalue weighted by molar-refractivity contribution is -0.113. The Hall–Kier alpha value is -2.17. The second kappa shape index (κ2) is 11.7. The van der Waals surface area contributed by atoms with Crippen LogP contribution < -0.4 is 5.32 Å². The van der Waals surface area contributed by atoms with Crippen molar-refractivity contribution >= 4 is 51.3 Å². The number of hydrogen-bond donors (Lipinski definition) is 1. The molecule has 3 aromatic heterocycles. The van der Waals surface area contributed by atoms with E-state index in [4.69, 9.17) is 4.74 Å². The fourth-order valence-electron chi connectivity index (χ4n) is 4.27. The first-order chi connectivity index (χ1) is 16.9. The van der Waals surface area contributed by atoms with Gasteiger partial charge in [-0.3, -0.25) is 4.79 Å². The quantitative estimate of drug-likeness (QED) is 0.252.